The highest BCUT2D eigenvalue weighted by molar-refractivity contribution is 7.92. The molecule has 2 N–H and O–H groups in total. The third-order valence-electron chi connectivity index (χ3n) is 6.73. The van der Waals surface area contributed by atoms with Crippen LogP contribution in [0.25, 0.3) is 0 Å². The zero-order chi connectivity index (χ0) is 26.7. The molecule has 0 spiro atoms. The summed E-state index contributed by atoms with van der Waals surface area (Å²) in [6, 6.07) is 27.2. The number of fused-ring (bicyclic) bond motifs is 1. The molecule has 38 heavy (non-hydrogen) atoms. The number of amides is 1. The van der Waals surface area contributed by atoms with Crippen LogP contribution in [0.3, 0.4) is 0 Å². The first kappa shape index (κ1) is 25.8. The normalized spacial score (nSPS) is 13.1. The van der Waals surface area contributed by atoms with E-state index in [4.69, 9.17) is 11.6 Å². The largest absolute Gasteiger partial charge is 0.367 e. The highest BCUT2D eigenvalue weighted by Crippen LogP contribution is 2.28. The van der Waals surface area contributed by atoms with Crippen molar-refractivity contribution in [3.8, 4) is 0 Å². The highest BCUT2D eigenvalue weighted by atomic mass is 35.5. The summed E-state index contributed by atoms with van der Waals surface area (Å²) in [6.07, 6.45) is 2.24. The number of nitrogens with one attached hydrogen (secondary N) is 2. The number of nitrogens with zero attached hydrogens (tertiary/aromatic N) is 1. The van der Waals surface area contributed by atoms with Crippen LogP contribution < -0.4 is 14.9 Å². The molecular formula is C30H28ClN3O3S. The number of rotatable bonds is 7. The van der Waals surface area contributed by atoms with Crippen molar-refractivity contribution >= 4 is 44.6 Å². The molecule has 1 aliphatic heterocycles. The van der Waals surface area contributed by atoms with E-state index in [0.29, 0.717) is 27.5 Å². The lowest BCUT2D eigenvalue weighted by Crippen LogP contribution is -2.28. The van der Waals surface area contributed by atoms with Gasteiger partial charge in [0.2, 0.25) is 0 Å². The van der Waals surface area contributed by atoms with Gasteiger partial charge in [-0.1, -0.05) is 48.0 Å². The van der Waals surface area contributed by atoms with Gasteiger partial charge in [-0.25, -0.2) is 8.42 Å². The molecular weight excluding hydrogens is 518 g/mol. The maximum atomic E-state index is 12.8. The Morgan fingerprint density at radius 3 is 2.42 bits per heavy atom. The van der Waals surface area contributed by atoms with E-state index in [2.05, 4.69) is 39.2 Å². The van der Waals surface area contributed by atoms with Crippen LogP contribution in [0.1, 0.15) is 33.5 Å². The first-order valence-electron chi connectivity index (χ1n) is 12.4. The van der Waals surface area contributed by atoms with Gasteiger partial charge < -0.3 is 10.2 Å². The van der Waals surface area contributed by atoms with E-state index in [-0.39, 0.29) is 10.8 Å². The predicted octanol–water partition coefficient (Wildman–Crippen LogP) is 6.65. The van der Waals surface area contributed by atoms with Gasteiger partial charge in [-0.15, -0.1) is 0 Å². The Bertz CT molecular complexity index is 1570. The molecule has 4 aromatic carbocycles. The minimum Gasteiger partial charge on any atom is -0.367 e. The molecule has 0 unspecified atom stereocenters. The second-order valence-electron chi connectivity index (χ2n) is 9.35. The molecule has 4 aromatic rings. The highest BCUT2D eigenvalue weighted by Gasteiger charge is 2.18. The van der Waals surface area contributed by atoms with Crippen molar-refractivity contribution < 1.29 is 13.2 Å². The SMILES string of the molecule is Cc1c(Cl)cccc1NS(=O)(=O)c1ccc(NC(=O)c2ccc(CN3CCCc4ccccc43)cc2)cc1. The molecule has 0 radical (unpaired) electrons. The van der Waals surface area contributed by atoms with Crippen LogP contribution >= 0.6 is 11.6 Å². The van der Waals surface area contributed by atoms with Crippen molar-refractivity contribution in [3.05, 3.63) is 118 Å². The number of benzene rings is 4. The number of hydrogen-bond acceptors (Lipinski definition) is 4. The molecule has 0 atom stereocenters. The zero-order valence-electron chi connectivity index (χ0n) is 20.9. The average Bonchev–Trinajstić information content (AvgIpc) is 2.92. The lowest BCUT2D eigenvalue weighted by molar-refractivity contribution is 0.102. The maximum absolute atomic E-state index is 12.8. The molecule has 0 aromatic heterocycles. The minimum atomic E-state index is -3.81. The van der Waals surface area contributed by atoms with Crippen molar-refractivity contribution in [2.45, 2.75) is 31.2 Å². The zero-order valence-corrected chi connectivity index (χ0v) is 22.5. The Hall–Kier alpha value is -3.81. The van der Waals surface area contributed by atoms with Gasteiger partial charge >= 0.3 is 0 Å². The van der Waals surface area contributed by atoms with Crippen LogP contribution in [-0.2, 0) is 23.0 Å². The van der Waals surface area contributed by atoms with Gasteiger partial charge in [0.25, 0.3) is 15.9 Å². The number of para-hydroxylation sites is 1. The Morgan fingerprint density at radius 1 is 0.921 bits per heavy atom. The standard InChI is InChI=1S/C30H28ClN3O3S/c1-21-27(31)8-4-9-28(21)33-38(36,37)26-17-15-25(16-18-26)32-30(35)24-13-11-22(12-14-24)20-34-19-5-7-23-6-2-3-10-29(23)34/h2-4,6,8-18,33H,5,7,19-20H2,1H3,(H,32,35). The van der Waals surface area contributed by atoms with Crippen LogP contribution in [0, 0.1) is 6.92 Å². The summed E-state index contributed by atoms with van der Waals surface area (Å²) in [5.41, 5.74) is 5.89. The van der Waals surface area contributed by atoms with Gasteiger partial charge in [0, 0.05) is 35.1 Å². The Kier molecular flexibility index (Phi) is 7.40. The molecule has 0 saturated carbocycles. The van der Waals surface area contributed by atoms with E-state index >= 15 is 0 Å². The number of sulfonamides is 1. The van der Waals surface area contributed by atoms with Crippen molar-refractivity contribution in [3.63, 3.8) is 0 Å². The molecule has 194 valence electrons. The van der Waals surface area contributed by atoms with E-state index in [1.54, 1.807) is 37.3 Å². The lowest BCUT2D eigenvalue weighted by Gasteiger charge is -2.31. The van der Waals surface area contributed by atoms with Gasteiger partial charge in [-0.3, -0.25) is 9.52 Å². The van der Waals surface area contributed by atoms with Crippen LogP contribution in [-0.4, -0.2) is 20.9 Å². The van der Waals surface area contributed by atoms with Crippen molar-refractivity contribution in [2.75, 3.05) is 21.5 Å². The summed E-state index contributed by atoms with van der Waals surface area (Å²) in [4.78, 5) is 15.3. The fourth-order valence-corrected chi connectivity index (χ4v) is 5.90. The molecule has 5 rings (SSSR count). The molecule has 0 saturated heterocycles. The third-order valence-corrected chi connectivity index (χ3v) is 8.52. The number of anilines is 3. The molecule has 1 heterocycles. The van der Waals surface area contributed by atoms with Crippen molar-refractivity contribution in [1.29, 1.82) is 0 Å². The van der Waals surface area contributed by atoms with E-state index in [1.807, 2.05) is 24.3 Å². The average molecular weight is 546 g/mol. The summed E-state index contributed by atoms with van der Waals surface area (Å²) in [5, 5.41) is 3.31. The van der Waals surface area contributed by atoms with Crippen LogP contribution in [0.5, 0.6) is 0 Å². The van der Waals surface area contributed by atoms with Crippen molar-refractivity contribution in [2.24, 2.45) is 0 Å². The molecule has 1 amide bonds. The first-order chi connectivity index (χ1) is 18.3. The summed E-state index contributed by atoms with van der Waals surface area (Å²) in [6.45, 7) is 3.55. The first-order valence-corrected chi connectivity index (χ1v) is 14.3. The third kappa shape index (κ3) is 5.69. The second kappa shape index (κ2) is 10.9. The van der Waals surface area contributed by atoms with Gasteiger partial charge in [0.15, 0.2) is 0 Å². The molecule has 0 bridgehead atoms. The van der Waals surface area contributed by atoms with Gasteiger partial charge in [-0.05, 0) is 91.1 Å². The van der Waals surface area contributed by atoms with E-state index < -0.39 is 10.0 Å². The number of hydrogen-bond donors (Lipinski definition) is 2. The predicted molar refractivity (Wildman–Crippen MR) is 154 cm³/mol. The number of aryl methyl sites for hydroxylation is 1. The lowest BCUT2D eigenvalue weighted by atomic mass is 10.0. The summed E-state index contributed by atoms with van der Waals surface area (Å²) in [5.74, 6) is -0.261. The minimum absolute atomic E-state index is 0.0820. The second-order valence-corrected chi connectivity index (χ2v) is 11.4. The van der Waals surface area contributed by atoms with Crippen LogP contribution in [0.2, 0.25) is 5.02 Å². The number of carbonyl (C=O) groups excluding carboxylic acids is 1. The fourth-order valence-electron chi connectivity index (χ4n) is 4.60. The van der Waals surface area contributed by atoms with Crippen LogP contribution in [0.4, 0.5) is 17.1 Å². The quantitative estimate of drug-likeness (QED) is 0.272. The number of carbonyl (C=O) groups is 1. The van der Waals surface area contributed by atoms with Crippen LogP contribution in [0.15, 0.2) is 95.9 Å². The van der Waals surface area contributed by atoms with Gasteiger partial charge in [0.1, 0.15) is 0 Å². The Labute approximate surface area is 228 Å². The van der Waals surface area contributed by atoms with E-state index in [1.165, 1.54) is 23.4 Å². The maximum Gasteiger partial charge on any atom is 0.261 e. The summed E-state index contributed by atoms with van der Waals surface area (Å²) >= 11 is 6.10. The smallest absolute Gasteiger partial charge is 0.261 e. The fraction of sp³-hybridized carbons (Fsp3) is 0.167. The van der Waals surface area contributed by atoms with Crippen molar-refractivity contribution in [1.82, 2.24) is 0 Å². The van der Waals surface area contributed by atoms with Gasteiger partial charge in [0.05, 0.1) is 10.6 Å². The molecule has 8 heteroatoms. The summed E-state index contributed by atoms with van der Waals surface area (Å²) < 4.78 is 28.2. The summed E-state index contributed by atoms with van der Waals surface area (Å²) in [7, 11) is -3.81. The van der Waals surface area contributed by atoms with Gasteiger partial charge in [-0.2, -0.15) is 0 Å². The molecule has 1 aliphatic rings. The molecule has 0 fully saturated rings. The Balaban J connectivity index is 1.22. The van der Waals surface area contributed by atoms with E-state index in [9.17, 15) is 13.2 Å². The number of halogens is 1. The topological polar surface area (TPSA) is 78.5 Å². The monoisotopic (exact) mass is 545 g/mol. The molecule has 0 aliphatic carbocycles. The Morgan fingerprint density at radius 2 is 1.66 bits per heavy atom. The van der Waals surface area contributed by atoms with E-state index in [0.717, 1.165) is 31.5 Å². The molecule has 6 nitrogen and oxygen atoms in total.